The Morgan fingerprint density at radius 2 is 2.57 bits per heavy atom. The van der Waals surface area contributed by atoms with Crippen LogP contribution in [0.25, 0.3) is 0 Å². The molecular weight excluding hydrogens is 204 g/mol. The van der Waals surface area contributed by atoms with E-state index in [4.69, 9.17) is 0 Å². The Morgan fingerprint density at radius 3 is 3.14 bits per heavy atom. The summed E-state index contributed by atoms with van der Waals surface area (Å²) < 4.78 is 6.13. The van der Waals surface area contributed by atoms with Gasteiger partial charge < -0.3 is 4.52 Å². The van der Waals surface area contributed by atoms with E-state index < -0.39 is 0 Å². The number of hydrogen-bond acceptors (Lipinski definition) is 5. The van der Waals surface area contributed by atoms with Gasteiger partial charge in [0.05, 0.1) is 5.69 Å². The van der Waals surface area contributed by atoms with Crippen molar-refractivity contribution < 1.29 is 4.52 Å². The second-order valence-corrected chi connectivity index (χ2v) is 3.59. The van der Waals surface area contributed by atoms with Gasteiger partial charge in [-0.05, 0) is 0 Å². The van der Waals surface area contributed by atoms with E-state index in [0.29, 0.717) is 10.9 Å². The second kappa shape index (κ2) is 3.70. The average Bonchev–Trinajstić information content (AvgIpc) is 2.77. The highest BCUT2D eigenvalue weighted by atomic mass is 32.2. The van der Waals surface area contributed by atoms with E-state index in [2.05, 4.69) is 19.9 Å². The minimum absolute atomic E-state index is 0.215. The first-order valence-electron chi connectivity index (χ1n) is 3.91. The van der Waals surface area contributed by atoms with Crippen molar-refractivity contribution in [3.8, 4) is 0 Å². The summed E-state index contributed by atoms with van der Waals surface area (Å²) in [6.07, 6.45) is 1.51. The van der Waals surface area contributed by atoms with Crippen LogP contribution in [-0.4, -0.2) is 19.9 Å². The molecule has 0 aliphatic carbocycles. The average molecular weight is 212 g/mol. The topological polar surface area (TPSA) is 76.7 Å². The van der Waals surface area contributed by atoms with Crippen LogP contribution >= 0.6 is 11.8 Å². The fourth-order valence-corrected chi connectivity index (χ4v) is 1.72. The Balaban J connectivity index is 2.05. The molecular formula is C7H8N4O2S. The highest BCUT2D eigenvalue weighted by molar-refractivity contribution is 7.98. The molecule has 74 valence electrons. The summed E-state index contributed by atoms with van der Waals surface area (Å²) in [7, 11) is 1.66. The van der Waals surface area contributed by atoms with Crippen molar-refractivity contribution >= 4 is 11.8 Å². The Labute approximate surface area is 83.3 Å². The van der Waals surface area contributed by atoms with Crippen LogP contribution in [0, 0.1) is 0 Å². The summed E-state index contributed by atoms with van der Waals surface area (Å²) in [5.41, 5.74) is 0.609. The van der Waals surface area contributed by atoms with E-state index in [0.717, 1.165) is 5.69 Å². The Morgan fingerprint density at radius 1 is 1.71 bits per heavy atom. The summed E-state index contributed by atoms with van der Waals surface area (Å²) >= 11 is 1.42. The van der Waals surface area contributed by atoms with Gasteiger partial charge in [-0.25, -0.2) is 9.89 Å². The van der Waals surface area contributed by atoms with Crippen LogP contribution in [0.2, 0.25) is 0 Å². The number of aromatic nitrogens is 4. The van der Waals surface area contributed by atoms with Gasteiger partial charge in [0, 0.05) is 18.9 Å². The molecule has 14 heavy (non-hydrogen) atoms. The molecule has 0 saturated carbocycles. The van der Waals surface area contributed by atoms with Gasteiger partial charge in [-0.15, -0.1) is 5.10 Å². The number of hydrogen-bond donors (Lipinski definition) is 1. The molecule has 0 bridgehead atoms. The molecule has 2 aromatic rings. The molecule has 0 amide bonds. The van der Waals surface area contributed by atoms with Crippen molar-refractivity contribution in [1.82, 2.24) is 19.9 Å². The van der Waals surface area contributed by atoms with E-state index in [1.54, 1.807) is 13.1 Å². The first-order chi connectivity index (χ1) is 6.77. The van der Waals surface area contributed by atoms with E-state index >= 15 is 0 Å². The number of thioether (sulfide) groups is 1. The molecule has 1 N–H and O–H groups in total. The Kier molecular flexibility index (Phi) is 2.40. The number of aromatic amines is 1. The van der Waals surface area contributed by atoms with Crippen molar-refractivity contribution in [3.05, 3.63) is 28.5 Å². The standard InChI is InChI=1S/C7H8N4O2S/c1-11-6(12)8-9-7(11)14-4-5-2-3-13-10-5/h2-3H,4H2,1H3,(H,8,12). The van der Waals surface area contributed by atoms with Crippen LogP contribution in [0.3, 0.4) is 0 Å². The van der Waals surface area contributed by atoms with Crippen molar-refractivity contribution in [3.63, 3.8) is 0 Å². The molecule has 0 unspecified atom stereocenters. The number of H-pyrrole nitrogens is 1. The lowest BCUT2D eigenvalue weighted by Gasteiger charge is -1.95. The summed E-state index contributed by atoms with van der Waals surface area (Å²) in [5, 5.41) is 10.6. The van der Waals surface area contributed by atoms with Crippen LogP contribution < -0.4 is 5.69 Å². The van der Waals surface area contributed by atoms with Crippen LogP contribution in [-0.2, 0) is 12.8 Å². The fourth-order valence-electron chi connectivity index (χ4n) is 0.912. The molecule has 0 aliphatic rings. The Hall–Kier alpha value is -1.50. The summed E-state index contributed by atoms with van der Waals surface area (Å²) in [6, 6.07) is 1.78. The Bertz CT molecular complexity index is 458. The highest BCUT2D eigenvalue weighted by Crippen LogP contribution is 2.17. The second-order valence-electron chi connectivity index (χ2n) is 2.65. The van der Waals surface area contributed by atoms with Gasteiger partial charge in [0.15, 0.2) is 5.16 Å². The fraction of sp³-hybridized carbons (Fsp3) is 0.286. The van der Waals surface area contributed by atoms with Gasteiger partial charge in [-0.1, -0.05) is 16.9 Å². The molecule has 0 aliphatic heterocycles. The normalized spacial score (nSPS) is 10.6. The third-order valence-corrected chi connectivity index (χ3v) is 2.74. The molecule has 0 spiro atoms. The van der Waals surface area contributed by atoms with Gasteiger partial charge in [0.25, 0.3) is 0 Å². The summed E-state index contributed by atoms with van der Waals surface area (Å²) in [4.78, 5) is 11.0. The molecule has 2 rings (SSSR count). The largest absolute Gasteiger partial charge is 0.364 e. The summed E-state index contributed by atoms with van der Waals surface area (Å²) in [5.74, 6) is 0.634. The molecule has 0 atom stereocenters. The van der Waals surface area contributed by atoms with Gasteiger partial charge >= 0.3 is 5.69 Å². The minimum Gasteiger partial charge on any atom is -0.364 e. The smallest absolute Gasteiger partial charge is 0.343 e. The molecule has 0 radical (unpaired) electrons. The van der Waals surface area contributed by atoms with Gasteiger partial charge in [-0.2, -0.15) is 0 Å². The molecule has 6 nitrogen and oxygen atoms in total. The number of nitrogens with one attached hydrogen (secondary N) is 1. The first kappa shape index (κ1) is 9.07. The SMILES string of the molecule is Cn1c(SCc2ccon2)n[nH]c1=O. The predicted octanol–water partition coefficient (Wildman–Crippen LogP) is 0.389. The van der Waals surface area contributed by atoms with E-state index in [1.165, 1.54) is 22.6 Å². The maximum absolute atomic E-state index is 11.0. The van der Waals surface area contributed by atoms with E-state index in [1.807, 2.05) is 0 Å². The third-order valence-electron chi connectivity index (χ3n) is 1.68. The zero-order valence-electron chi connectivity index (χ0n) is 7.43. The first-order valence-corrected chi connectivity index (χ1v) is 4.89. The lowest BCUT2D eigenvalue weighted by Crippen LogP contribution is -2.12. The molecule has 2 aromatic heterocycles. The molecule has 0 fully saturated rings. The number of rotatable bonds is 3. The van der Waals surface area contributed by atoms with Crippen molar-refractivity contribution in [2.24, 2.45) is 7.05 Å². The van der Waals surface area contributed by atoms with Crippen molar-refractivity contribution in [2.45, 2.75) is 10.9 Å². The summed E-state index contributed by atoms with van der Waals surface area (Å²) in [6.45, 7) is 0. The van der Waals surface area contributed by atoms with Gasteiger partial charge in [0.1, 0.15) is 6.26 Å². The molecule has 2 heterocycles. The van der Waals surface area contributed by atoms with Gasteiger partial charge in [0.2, 0.25) is 0 Å². The van der Waals surface area contributed by atoms with Gasteiger partial charge in [-0.3, -0.25) is 4.57 Å². The zero-order valence-corrected chi connectivity index (χ0v) is 8.24. The van der Waals surface area contributed by atoms with E-state index in [-0.39, 0.29) is 5.69 Å². The number of nitrogens with zero attached hydrogens (tertiary/aromatic N) is 3. The quantitative estimate of drug-likeness (QED) is 0.745. The van der Waals surface area contributed by atoms with Crippen LogP contribution in [0.4, 0.5) is 0 Å². The molecule has 0 saturated heterocycles. The predicted molar refractivity (Wildman–Crippen MR) is 49.9 cm³/mol. The molecule has 7 heteroatoms. The lowest BCUT2D eigenvalue weighted by molar-refractivity contribution is 0.414. The molecule has 0 aromatic carbocycles. The third kappa shape index (κ3) is 1.72. The maximum Gasteiger partial charge on any atom is 0.343 e. The van der Waals surface area contributed by atoms with Crippen LogP contribution in [0.15, 0.2) is 26.8 Å². The van der Waals surface area contributed by atoms with Crippen molar-refractivity contribution in [2.75, 3.05) is 0 Å². The highest BCUT2D eigenvalue weighted by Gasteiger charge is 2.05. The van der Waals surface area contributed by atoms with Crippen LogP contribution in [0.1, 0.15) is 5.69 Å². The minimum atomic E-state index is -0.215. The van der Waals surface area contributed by atoms with E-state index in [9.17, 15) is 4.79 Å². The zero-order chi connectivity index (χ0) is 9.97. The van der Waals surface area contributed by atoms with Crippen molar-refractivity contribution in [1.29, 1.82) is 0 Å². The lowest BCUT2D eigenvalue weighted by atomic mass is 10.5. The van der Waals surface area contributed by atoms with Crippen LogP contribution in [0.5, 0.6) is 0 Å². The monoisotopic (exact) mass is 212 g/mol. The maximum atomic E-state index is 11.0.